The van der Waals surface area contributed by atoms with Crippen molar-refractivity contribution in [3.05, 3.63) is 0 Å². The first kappa shape index (κ1) is 52.4. The largest absolute Gasteiger partial charge is 0.397 e. The molecule has 0 aliphatic carbocycles. The lowest BCUT2D eigenvalue weighted by molar-refractivity contribution is -0.386. The molecule has 368 valence electrons. The molecule has 0 aromatic heterocycles. The van der Waals surface area contributed by atoms with E-state index in [0.29, 0.717) is 0 Å². The van der Waals surface area contributed by atoms with Crippen LogP contribution in [0.1, 0.15) is 6.92 Å². The van der Waals surface area contributed by atoms with Crippen molar-refractivity contribution in [2.24, 2.45) is 0 Å². The maximum Gasteiger partial charge on any atom is 0.397 e. The minimum Gasteiger partial charge on any atom is -0.394 e. The lowest BCUT2D eigenvalue weighted by atomic mass is 9.94. The molecule has 1 amide bonds. The van der Waals surface area contributed by atoms with Crippen LogP contribution in [0.3, 0.4) is 0 Å². The highest BCUT2D eigenvalue weighted by molar-refractivity contribution is 7.80. The summed E-state index contributed by atoms with van der Waals surface area (Å²) in [6, 6.07) is -1.78. The van der Waals surface area contributed by atoms with Gasteiger partial charge in [-0.05, 0) is 0 Å². The quantitative estimate of drug-likeness (QED) is 0.0639. The summed E-state index contributed by atoms with van der Waals surface area (Å²) < 4.78 is 85.2. The van der Waals surface area contributed by atoms with E-state index in [-0.39, 0.29) is 0 Å². The second kappa shape index (κ2) is 22.0. The molecule has 0 radical (unpaired) electrons. The molecule has 0 bridgehead atoms. The van der Waals surface area contributed by atoms with Crippen LogP contribution in [0.15, 0.2) is 0 Å². The molecule has 25 atom stereocenters. The van der Waals surface area contributed by atoms with Gasteiger partial charge in [0.15, 0.2) is 31.5 Å². The van der Waals surface area contributed by atoms with E-state index in [2.05, 4.69) is 9.50 Å². The first-order valence-corrected chi connectivity index (χ1v) is 20.6. The molecule has 31 heteroatoms. The SMILES string of the molecule is CC(=O)N[C@H]1[C@H](O[C@H]2[C@@H](O)[C@@H](CO)O[C@@H](O[C@H]3[C@H](O)[C@@H](O)C(O)O[C@@H]3CO)[C@@H]2O)O[C@H](CO)[C@@H](O[C@@H]2O[C@H](CO)[C@H](O)[C@H](O[C@H]3O[C@H](COS(=O)(=O)O)[C@@H](O)[C@H](O)[C@@H]3O)[C@H]2O)[C@@H]1O. The molecular weight excluding hydrogens is 894 g/mol. The van der Waals surface area contributed by atoms with Gasteiger partial charge < -0.3 is 125 Å². The maximum absolute atomic E-state index is 12.4. The fraction of sp³-hybridized carbons (Fsp3) is 0.969. The number of hydrogen-bond donors (Lipinski definition) is 17. The fourth-order valence-corrected chi connectivity index (χ4v) is 7.87. The number of carbonyl (C=O) groups is 1. The van der Waals surface area contributed by atoms with Crippen molar-refractivity contribution in [1.82, 2.24) is 5.32 Å². The van der Waals surface area contributed by atoms with Crippen LogP contribution in [0.4, 0.5) is 0 Å². The second-order valence-corrected chi connectivity index (χ2v) is 16.3. The van der Waals surface area contributed by atoms with E-state index in [1.54, 1.807) is 0 Å². The van der Waals surface area contributed by atoms with Crippen LogP contribution in [-0.4, -0.2) is 282 Å². The molecule has 5 aliphatic heterocycles. The molecule has 0 spiro atoms. The van der Waals surface area contributed by atoms with Gasteiger partial charge in [-0.3, -0.25) is 9.35 Å². The number of carbonyl (C=O) groups excluding carboxylic acids is 1. The lowest BCUT2D eigenvalue weighted by Crippen LogP contribution is -2.70. The highest BCUT2D eigenvalue weighted by atomic mass is 32.3. The van der Waals surface area contributed by atoms with E-state index < -0.39 is 203 Å². The number of rotatable bonds is 16. The zero-order valence-electron chi connectivity index (χ0n) is 32.8. The van der Waals surface area contributed by atoms with E-state index in [1.165, 1.54) is 0 Å². The predicted octanol–water partition coefficient (Wildman–Crippen LogP) is -12.0. The molecule has 5 heterocycles. The van der Waals surface area contributed by atoms with Gasteiger partial charge in [0.05, 0.1) is 33.0 Å². The Kier molecular flexibility index (Phi) is 18.3. The molecule has 5 aliphatic rings. The number of nitrogens with one attached hydrogen (secondary N) is 1. The molecule has 5 rings (SSSR count). The molecule has 5 saturated heterocycles. The molecule has 1 unspecified atom stereocenters. The lowest BCUT2D eigenvalue weighted by Gasteiger charge is -2.50. The number of hydrogen-bond acceptors (Lipinski definition) is 28. The van der Waals surface area contributed by atoms with Crippen molar-refractivity contribution in [2.75, 3.05) is 33.0 Å². The van der Waals surface area contributed by atoms with Crippen molar-refractivity contribution in [3.8, 4) is 0 Å². The monoisotopic (exact) mass is 949 g/mol. The highest BCUT2D eigenvalue weighted by Crippen LogP contribution is 2.36. The third-order valence-corrected chi connectivity index (χ3v) is 11.4. The Hall–Kier alpha value is -1.62. The molecule has 5 fully saturated rings. The van der Waals surface area contributed by atoms with Crippen LogP contribution < -0.4 is 5.32 Å². The number of ether oxygens (including phenoxy) is 9. The third kappa shape index (κ3) is 11.7. The van der Waals surface area contributed by atoms with Crippen LogP contribution in [0.5, 0.6) is 0 Å². The van der Waals surface area contributed by atoms with Gasteiger partial charge in [0.25, 0.3) is 0 Å². The number of amides is 1. The molecule has 0 aromatic rings. The summed E-state index contributed by atoms with van der Waals surface area (Å²) >= 11 is 0. The van der Waals surface area contributed by atoms with Gasteiger partial charge in [-0.1, -0.05) is 0 Å². The molecule has 30 nitrogen and oxygen atoms in total. The Morgan fingerprint density at radius 2 is 0.889 bits per heavy atom. The summed E-state index contributed by atoms with van der Waals surface area (Å²) in [4.78, 5) is 12.4. The molecule has 63 heavy (non-hydrogen) atoms. The Bertz CT molecular complexity index is 1570. The second-order valence-electron chi connectivity index (χ2n) is 15.2. The van der Waals surface area contributed by atoms with Gasteiger partial charge in [-0.2, -0.15) is 8.42 Å². The van der Waals surface area contributed by atoms with E-state index >= 15 is 0 Å². The topological polar surface area (TPSA) is 479 Å². The van der Waals surface area contributed by atoms with E-state index in [1.807, 2.05) is 0 Å². The standard InChI is InChI=1S/C32H55NO29S/c1-7(38)33-13-17(42)24(59-31-23(48)27(16(41)9(3-35)55-31)62-30-21(46)18(43)14(39)12(58-30)6-53-63(50,51)52)11(5-37)57-29(13)61-26-15(40)8(2-34)56-32(22(26)47)60-25-10(4-36)54-28(49)20(45)19(25)44/h8-32,34-37,39-49H,2-6H2,1H3,(H,33,38)(H,50,51,52)/t8-,9-,10-,11-,12-,13-,14-,15+,16+,17-,18+,19-,20-,21+,22-,23-,24-,25-,26+,27+,28?,29+,30-,31+,32+/m1/s1. The van der Waals surface area contributed by atoms with Crippen molar-refractivity contribution in [1.29, 1.82) is 0 Å². The molecular formula is C32H55NO29S. The van der Waals surface area contributed by atoms with E-state index in [4.69, 9.17) is 47.2 Å². The number of aliphatic hydroxyl groups excluding tert-OH is 15. The molecule has 17 N–H and O–H groups in total. The van der Waals surface area contributed by atoms with E-state index in [0.717, 1.165) is 6.92 Å². The van der Waals surface area contributed by atoms with Gasteiger partial charge >= 0.3 is 10.4 Å². The summed E-state index contributed by atoms with van der Waals surface area (Å²) in [7, 11) is -5.10. The summed E-state index contributed by atoms with van der Waals surface area (Å²) in [5, 5.41) is 161. The van der Waals surface area contributed by atoms with Gasteiger partial charge in [-0.15, -0.1) is 0 Å². The van der Waals surface area contributed by atoms with Gasteiger partial charge in [0, 0.05) is 6.92 Å². The van der Waals surface area contributed by atoms with Gasteiger partial charge in [0.1, 0.15) is 122 Å². The minimum atomic E-state index is -5.10. The van der Waals surface area contributed by atoms with Gasteiger partial charge in [0.2, 0.25) is 5.91 Å². The Balaban J connectivity index is 1.35. The Labute approximate surface area is 356 Å². The summed E-state index contributed by atoms with van der Waals surface area (Å²) in [6.45, 7) is -4.06. The highest BCUT2D eigenvalue weighted by Gasteiger charge is 2.57. The zero-order valence-corrected chi connectivity index (χ0v) is 33.7. The third-order valence-electron chi connectivity index (χ3n) is 10.9. The van der Waals surface area contributed by atoms with Crippen LogP contribution in [0.25, 0.3) is 0 Å². The van der Waals surface area contributed by atoms with Crippen molar-refractivity contribution < 1.29 is 141 Å². The van der Waals surface area contributed by atoms with Crippen molar-refractivity contribution in [2.45, 2.75) is 160 Å². The van der Waals surface area contributed by atoms with E-state index in [9.17, 15) is 89.8 Å². The smallest absolute Gasteiger partial charge is 0.394 e. The first-order valence-electron chi connectivity index (χ1n) is 19.3. The summed E-state index contributed by atoms with van der Waals surface area (Å²) in [5.41, 5.74) is 0. The van der Waals surface area contributed by atoms with Crippen LogP contribution in [-0.2, 0) is 62.0 Å². The molecule has 0 saturated carbocycles. The summed E-state index contributed by atoms with van der Waals surface area (Å²) in [5.74, 6) is -0.855. The Morgan fingerprint density at radius 3 is 1.37 bits per heavy atom. The fourth-order valence-electron chi connectivity index (χ4n) is 7.57. The average Bonchev–Trinajstić information content (AvgIpc) is 3.23. The minimum absolute atomic E-state index is 0.855. The zero-order chi connectivity index (χ0) is 46.8. The van der Waals surface area contributed by atoms with Crippen LogP contribution in [0.2, 0.25) is 0 Å². The van der Waals surface area contributed by atoms with Gasteiger partial charge in [-0.25, -0.2) is 4.18 Å². The van der Waals surface area contributed by atoms with Crippen molar-refractivity contribution >= 4 is 16.3 Å². The maximum atomic E-state index is 12.4. The molecule has 0 aromatic carbocycles. The Morgan fingerprint density at radius 1 is 0.476 bits per heavy atom. The average molecular weight is 950 g/mol. The predicted molar refractivity (Wildman–Crippen MR) is 189 cm³/mol. The summed E-state index contributed by atoms with van der Waals surface area (Å²) in [6.07, 6.45) is -46.6. The van der Waals surface area contributed by atoms with Crippen LogP contribution >= 0.6 is 0 Å². The first-order chi connectivity index (χ1) is 29.6. The van der Waals surface area contributed by atoms with Crippen LogP contribution in [0, 0.1) is 0 Å². The number of aliphatic hydroxyl groups is 15. The van der Waals surface area contributed by atoms with Crippen molar-refractivity contribution in [3.63, 3.8) is 0 Å². The normalized spacial score (nSPS) is 48.7.